The molecule has 1 aliphatic carbocycles. The summed E-state index contributed by atoms with van der Waals surface area (Å²) in [5.41, 5.74) is 6.07. The SMILES string of the molecule is NC1CCC(C2(c3cc(F)ccc3F)COC2)CC1. The van der Waals surface area contributed by atoms with Gasteiger partial charge >= 0.3 is 0 Å². The Kier molecular flexibility index (Phi) is 3.31. The fraction of sp³-hybridized carbons (Fsp3) is 0.600. The molecule has 0 unspecified atom stereocenters. The van der Waals surface area contributed by atoms with Gasteiger partial charge in [0.05, 0.1) is 13.2 Å². The van der Waals surface area contributed by atoms with Crippen LogP contribution in [0.1, 0.15) is 31.2 Å². The molecular weight excluding hydrogens is 248 g/mol. The van der Waals surface area contributed by atoms with Crippen molar-refractivity contribution < 1.29 is 13.5 Å². The molecule has 0 aromatic heterocycles. The fourth-order valence-corrected chi connectivity index (χ4v) is 3.48. The number of ether oxygens (including phenoxy) is 1. The van der Waals surface area contributed by atoms with Crippen LogP contribution in [0.4, 0.5) is 8.78 Å². The van der Waals surface area contributed by atoms with Gasteiger partial charge in [-0.1, -0.05) is 0 Å². The summed E-state index contributed by atoms with van der Waals surface area (Å²) in [6.07, 6.45) is 3.87. The van der Waals surface area contributed by atoms with Gasteiger partial charge in [-0.25, -0.2) is 8.78 Å². The first-order chi connectivity index (χ1) is 9.12. The molecule has 1 aromatic rings. The minimum Gasteiger partial charge on any atom is -0.379 e. The second kappa shape index (κ2) is 4.84. The molecule has 2 fully saturated rings. The van der Waals surface area contributed by atoms with Crippen LogP contribution in [0.15, 0.2) is 18.2 Å². The van der Waals surface area contributed by atoms with Crippen LogP contribution in [0, 0.1) is 17.6 Å². The van der Waals surface area contributed by atoms with Crippen LogP contribution < -0.4 is 5.73 Å². The van der Waals surface area contributed by atoms with E-state index in [0.29, 0.717) is 24.7 Å². The molecule has 1 heterocycles. The molecule has 0 atom stereocenters. The smallest absolute Gasteiger partial charge is 0.127 e. The van der Waals surface area contributed by atoms with E-state index >= 15 is 0 Å². The molecule has 1 aliphatic heterocycles. The molecular formula is C15H19F2NO. The van der Waals surface area contributed by atoms with Gasteiger partial charge in [-0.05, 0) is 49.8 Å². The summed E-state index contributed by atoms with van der Waals surface area (Å²) >= 11 is 0. The van der Waals surface area contributed by atoms with Crippen molar-refractivity contribution in [2.45, 2.75) is 37.1 Å². The van der Waals surface area contributed by atoms with Gasteiger partial charge < -0.3 is 10.5 Å². The fourth-order valence-electron chi connectivity index (χ4n) is 3.48. The van der Waals surface area contributed by atoms with Crippen molar-refractivity contribution in [3.63, 3.8) is 0 Å². The predicted molar refractivity (Wildman–Crippen MR) is 68.8 cm³/mol. The third kappa shape index (κ3) is 2.17. The largest absolute Gasteiger partial charge is 0.379 e. The molecule has 0 spiro atoms. The third-order valence-corrected chi connectivity index (χ3v) is 4.74. The summed E-state index contributed by atoms with van der Waals surface area (Å²) in [6.45, 7) is 0.987. The van der Waals surface area contributed by atoms with E-state index in [1.54, 1.807) is 0 Å². The summed E-state index contributed by atoms with van der Waals surface area (Å²) in [6, 6.07) is 3.99. The molecule has 2 aliphatic rings. The van der Waals surface area contributed by atoms with Crippen molar-refractivity contribution in [1.82, 2.24) is 0 Å². The highest BCUT2D eigenvalue weighted by Gasteiger charge is 2.49. The van der Waals surface area contributed by atoms with Gasteiger partial charge in [0, 0.05) is 17.0 Å². The molecule has 4 heteroatoms. The number of benzene rings is 1. The Morgan fingerprint density at radius 1 is 1.11 bits per heavy atom. The molecule has 104 valence electrons. The second-order valence-electron chi connectivity index (χ2n) is 5.88. The van der Waals surface area contributed by atoms with Gasteiger partial charge in [0.2, 0.25) is 0 Å². The Hall–Kier alpha value is -1.00. The zero-order valence-electron chi connectivity index (χ0n) is 10.9. The summed E-state index contributed by atoms with van der Waals surface area (Å²) in [4.78, 5) is 0. The van der Waals surface area contributed by atoms with Gasteiger partial charge in [-0.2, -0.15) is 0 Å². The van der Waals surface area contributed by atoms with Crippen LogP contribution in [0.3, 0.4) is 0 Å². The van der Waals surface area contributed by atoms with Crippen LogP contribution in [-0.2, 0) is 10.2 Å². The Balaban J connectivity index is 1.92. The number of nitrogens with two attached hydrogens (primary N) is 1. The van der Waals surface area contributed by atoms with Crippen LogP contribution in [0.25, 0.3) is 0 Å². The van der Waals surface area contributed by atoms with Gasteiger partial charge in [-0.3, -0.25) is 0 Å². The molecule has 1 saturated carbocycles. The lowest BCUT2D eigenvalue weighted by molar-refractivity contribution is -0.100. The monoisotopic (exact) mass is 267 g/mol. The first-order valence-corrected chi connectivity index (χ1v) is 6.91. The maximum absolute atomic E-state index is 14.1. The maximum atomic E-state index is 14.1. The van der Waals surface area contributed by atoms with Crippen molar-refractivity contribution >= 4 is 0 Å². The number of rotatable bonds is 2. The lowest BCUT2D eigenvalue weighted by Crippen LogP contribution is -2.54. The Bertz CT molecular complexity index is 465. The highest BCUT2D eigenvalue weighted by atomic mass is 19.1. The molecule has 3 rings (SSSR count). The maximum Gasteiger partial charge on any atom is 0.127 e. The third-order valence-electron chi connectivity index (χ3n) is 4.74. The molecule has 19 heavy (non-hydrogen) atoms. The van der Waals surface area contributed by atoms with Gasteiger partial charge in [-0.15, -0.1) is 0 Å². The van der Waals surface area contributed by atoms with E-state index in [9.17, 15) is 8.78 Å². The molecule has 0 radical (unpaired) electrons. The van der Waals surface area contributed by atoms with Gasteiger partial charge in [0.1, 0.15) is 11.6 Å². The topological polar surface area (TPSA) is 35.2 Å². The number of hydrogen-bond donors (Lipinski definition) is 1. The van der Waals surface area contributed by atoms with E-state index in [4.69, 9.17) is 10.5 Å². The zero-order chi connectivity index (χ0) is 13.5. The summed E-state index contributed by atoms with van der Waals surface area (Å²) in [5, 5.41) is 0. The van der Waals surface area contributed by atoms with Gasteiger partial charge in [0.25, 0.3) is 0 Å². The van der Waals surface area contributed by atoms with Gasteiger partial charge in [0.15, 0.2) is 0 Å². The highest BCUT2D eigenvalue weighted by Crippen LogP contribution is 2.46. The Labute approximate surface area is 111 Å². The summed E-state index contributed by atoms with van der Waals surface area (Å²) in [5.74, 6) is -0.355. The van der Waals surface area contributed by atoms with Crippen molar-refractivity contribution in [3.8, 4) is 0 Å². The van der Waals surface area contributed by atoms with E-state index in [1.807, 2.05) is 0 Å². The zero-order valence-corrected chi connectivity index (χ0v) is 10.9. The molecule has 1 aromatic carbocycles. The van der Waals surface area contributed by atoms with E-state index < -0.39 is 0 Å². The first-order valence-electron chi connectivity index (χ1n) is 6.91. The lowest BCUT2D eigenvalue weighted by atomic mass is 9.63. The number of hydrogen-bond acceptors (Lipinski definition) is 2. The molecule has 0 bridgehead atoms. The first kappa shape index (κ1) is 13.0. The van der Waals surface area contributed by atoms with E-state index in [1.165, 1.54) is 18.2 Å². The van der Waals surface area contributed by atoms with Crippen molar-refractivity contribution in [2.75, 3.05) is 13.2 Å². The van der Waals surface area contributed by atoms with E-state index in [-0.39, 0.29) is 23.1 Å². The summed E-state index contributed by atoms with van der Waals surface area (Å²) < 4.78 is 32.9. The van der Waals surface area contributed by atoms with Crippen molar-refractivity contribution in [1.29, 1.82) is 0 Å². The molecule has 2 N–H and O–H groups in total. The normalized spacial score (nSPS) is 29.8. The Morgan fingerprint density at radius 3 is 2.37 bits per heavy atom. The molecule has 1 saturated heterocycles. The highest BCUT2D eigenvalue weighted by molar-refractivity contribution is 5.31. The van der Waals surface area contributed by atoms with Crippen molar-refractivity contribution in [2.24, 2.45) is 11.7 Å². The van der Waals surface area contributed by atoms with E-state index in [0.717, 1.165) is 25.7 Å². The summed E-state index contributed by atoms with van der Waals surface area (Å²) in [7, 11) is 0. The minimum absolute atomic E-state index is 0.256. The predicted octanol–water partition coefficient (Wildman–Crippen LogP) is 2.75. The standard InChI is InChI=1S/C15H19F2NO/c16-11-3-6-14(17)13(7-11)15(8-19-9-15)10-1-4-12(18)5-2-10/h3,6-7,10,12H,1-2,4-5,8-9,18H2. The van der Waals surface area contributed by atoms with Crippen LogP contribution >= 0.6 is 0 Å². The van der Waals surface area contributed by atoms with Crippen LogP contribution in [0.2, 0.25) is 0 Å². The van der Waals surface area contributed by atoms with Crippen molar-refractivity contribution in [3.05, 3.63) is 35.4 Å². The van der Waals surface area contributed by atoms with Crippen LogP contribution in [0.5, 0.6) is 0 Å². The minimum atomic E-state index is -0.379. The Morgan fingerprint density at radius 2 is 1.79 bits per heavy atom. The van der Waals surface area contributed by atoms with Crippen LogP contribution in [-0.4, -0.2) is 19.3 Å². The average molecular weight is 267 g/mol. The van der Waals surface area contributed by atoms with E-state index in [2.05, 4.69) is 0 Å². The second-order valence-corrected chi connectivity index (χ2v) is 5.88. The molecule has 0 amide bonds. The number of halogens is 2. The quantitative estimate of drug-likeness (QED) is 0.894. The average Bonchev–Trinajstić information content (AvgIpc) is 2.34. The lowest BCUT2D eigenvalue weighted by Gasteiger charge is -2.49. The molecule has 2 nitrogen and oxygen atoms in total.